The summed E-state index contributed by atoms with van der Waals surface area (Å²) in [5, 5.41) is 17.6. The van der Waals surface area contributed by atoms with Crippen LogP contribution in [0.1, 0.15) is 32.9 Å². The average molecular weight is 379 g/mol. The Morgan fingerprint density at radius 1 is 1.29 bits per heavy atom. The van der Waals surface area contributed by atoms with Gasteiger partial charge in [-0.1, -0.05) is 24.3 Å². The van der Waals surface area contributed by atoms with Crippen LogP contribution in [-0.2, 0) is 13.0 Å². The van der Waals surface area contributed by atoms with Gasteiger partial charge in [-0.15, -0.1) is 0 Å². The van der Waals surface area contributed by atoms with Crippen LogP contribution >= 0.6 is 0 Å². The first-order valence-corrected chi connectivity index (χ1v) is 9.58. The molecule has 28 heavy (non-hydrogen) atoms. The van der Waals surface area contributed by atoms with Crippen molar-refractivity contribution in [3.8, 4) is 0 Å². The second-order valence-corrected chi connectivity index (χ2v) is 7.43. The molecule has 1 aliphatic rings. The van der Waals surface area contributed by atoms with Gasteiger partial charge < -0.3 is 10.4 Å². The maximum absolute atomic E-state index is 12.6. The summed E-state index contributed by atoms with van der Waals surface area (Å²) in [6, 6.07) is 10.3. The predicted octanol–water partition coefficient (Wildman–Crippen LogP) is 1.50. The summed E-state index contributed by atoms with van der Waals surface area (Å²) in [5.41, 5.74) is 5.47. The fourth-order valence-electron chi connectivity index (χ4n) is 3.76. The molecule has 7 heteroatoms. The summed E-state index contributed by atoms with van der Waals surface area (Å²) >= 11 is 0. The number of aryl methyl sites for hydroxylation is 2. The number of carbonyl (C=O) groups excluding carboxylic acids is 1. The van der Waals surface area contributed by atoms with E-state index in [0.29, 0.717) is 12.1 Å². The maximum atomic E-state index is 12.6. The van der Waals surface area contributed by atoms with E-state index in [0.717, 1.165) is 36.5 Å². The number of aromatic nitrogens is 3. The molecule has 0 saturated carbocycles. The molecule has 1 aliphatic heterocycles. The summed E-state index contributed by atoms with van der Waals surface area (Å²) in [6.45, 7) is 6.22. The number of hydrogen-bond acceptors (Lipinski definition) is 5. The highest BCUT2D eigenvalue weighted by molar-refractivity contribution is 5.95. The lowest BCUT2D eigenvalue weighted by atomic mass is 10.00. The lowest BCUT2D eigenvalue weighted by Gasteiger charge is -2.30. The van der Waals surface area contributed by atoms with Crippen molar-refractivity contribution in [3.63, 3.8) is 0 Å². The van der Waals surface area contributed by atoms with Crippen LogP contribution in [0.5, 0.6) is 0 Å². The molecule has 1 unspecified atom stereocenters. The topological polar surface area (TPSA) is 82.8 Å². The largest absolute Gasteiger partial charge is 0.390 e. The van der Waals surface area contributed by atoms with Crippen LogP contribution in [0.4, 0.5) is 0 Å². The smallest absolute Gasteiger partial charge is 0.254 e. The first kappa shape index (κ1) is 18.6. The van der Waals surface area contributed by atoms with Gasteiger partial charge in [0.15, 0.2) is 5.65 Å². The number of benzene rings is 1. The molecule has 4 rings (SSSR count). The highest BCUT2D eigenvalue weighted by Gasteiger charge is 2.20. The third kappa shape index (κ3) is 3.76. The first-order valence-electron chi connectivity index (χ1n) is 9.58. The Kier molecular flexibility index (Phi) is 5.11. The molecule has 2 N–H and O–H groups in total. The molecule has 0 bridgehead atoms. The van der Waals surface area contributed by atoms with E-state index in [1.54, 1.807) is 10.7 Å². The molecule has 0 radical (unpaired) electrons. The van der Waals surface area contributed by atoms with E-state index >= 15 is 0 Å². The van der Waals surface area contributed by atoms with Gasteiger partial charge in [0.25, 0.3) is 5.91 Å². The standard InChI is InChI=1S/C21H25N5O2/c1-14-9-20-22-11-19(15(2)26(20)24-14)21(28)23-10-18(27)13-25-8-7-16-5-3-4-6-17(16)12-25/h3-6,9,11,18,27H,7-8,10,12-13H2,1-2H3,(H,23,28). The summed E-state index contributed by atoms with van der Waals surface area (Å²) in [5.74, 6) is -0.247. The number of carbonyl (C=O) groups is 1. The highest BCUT2D eigenvalue weighted by atomic mass is 16.3. The molecule has 3 aromatic rings. The molecule has 146 valence electrons. The number of nitrogens with zero attached hydrogens (tertiary/aromatic N) is 4. The van der Waals surface area contributed by atoms with Crippen LogP contribution in [0.2, 0.25) is 0 Å². The fourth-order valence-corrected chi connectivity index (χ4v) is 3.76. The fraction of sp³-hybridized carbons (Fsp3) is 0.381. The second-order valence-electron chi connectivity index (χ2n) is 7.43. The molecule has 1 amide bonds. The summed E-state index contributed by atoms with van der Waals surface area (Å²) in [6.07, 6.45) is 1.93. The van der Waals surface area contributed by atoms with Crippen molar-refractivity contribution >= 4 is 11.6 Å². The Morgan fingerprint density at radius 2 is 2.07 bits per heavy atom. The second kappa shape index (κ2) is 7.69. The van der Waals surface area contributed by atoms with Crippen molar-refractivity contribution in [2.45, 2.75) is 32.9 Å². The Morgan fingerprint density at radius 3 is 2.89 bits per heavy atom. The highest BCUT2D eigenvalue weighted by Crippen LogP contribution is 2.18. The molecule has 7 nitrogen and oxygen atoms in total. The molecule has 2 aromatic heterocycles. The van der Waals surface area contributed by atoms with Gasteiger partial charge >= 0.3 is 0 Å². The van der Waals surface area contributed by atoms with E-state index in [-0.39, 0.29) is 12.5 Å². The van der Waals surface area contributed by atoms with Crippen LogP contribution in [0.3, 0.4) is 0 Å². The molecule has 3 heterocycles. The molecule has 0 spiro atoms. The molecular weight excluding hydrogens is 354 g/mol. The van der Waals surface area contributed by atoms with E-state index in [1.807, 2.05) is 26.0 Å². The minimum absolute atomic E-state index is 0.201. The van der Waals surface area contributed by atoms with E-state index in [4.69, 9.17) is 0 Å². The van der Waals surface area contributed by atoms with Gasteiger partial charge in [-0.2, -0.15) is 5.10 Å². The summed E-state index contributed by atoms with van der Waals surface area (Å²) in [4.78, 5) is 19.1. The molecule has 0 fully saturated rings. The predicted molar refractivity (Wildman–Crippen MR) is 106 cm³/mol. The number of aliphatic hydroxyl groups is 1. The zero-order valence-corrected chi connectivity index (χ0v) is 16.2. The first-order chi connectivity index (χ1) is 13.5. The van der Waals surface area contributed by atoms with Crippen LogP contribution in [0.15, 0.2) is 36.5 Å². The lowest BCUT2D eigenvalue weighted by Crippen LogP contribution is -2.42. The quantitative estimate of drug-likeness (QED) is 0.702. The van der Waals surface area contributed by atoms with Gasteiger partial charge in [0.05, 0.1) is 23.1 Å². The Labute approximate surface area is 164 Å². The SMILES string of the molecule is Cc1cc2ncc(C(=O)NCC(O)CN3CCc4ccccc4C3)c(C)n2n1. The lowest BCUT2D eigenvalue weighted by molar-refractivity contribution is 0.0840. The molecule has 0 saturated heterocycles. The number of amides is 1. The van der Waals surface area contributed by atoms with Crippen molar-refractivity contribution in [1.82, 2.24) is 24.8 Å². The Hall–Kier alpha value is -2.77. The number of hydrogen-bond donors (Lipinski definition) is 2. The van der Waals surface area contributed by atoms with Crippen LogP contribution in [0.25, 0.3) is 5.65 Å². The zero-order chi connectivity index (χ0) is 19.7. The Balaban J connectivity index is 1.34. The number of fused-ring (bicyclic) bond motifs is 2. The molecular formula is C21H25N5O2. The number of rotatable bonds is 5. The van der Waals surface area contributed by atoms with Crippen molar-refractivity contribution in [2.24, 2.45) is 0 Å². The van der Waals surface area contributed by atoms with Crippen LogP contribution in [-0.4, -0.2) is 56.2 Å². The summed E-state index contributed by atoms with van der Waals surface area (Å²) in [7, 11) is 0. The summed E-state index contributed by atoms with van der Waals surface area (Å²) < 4.78 is 1.67. The van der Waals surface area contributed by atoms with Gasteiger partial charge in [0.1, 0.15) is 0 Å². The maximum Gasteiger partial charge on any atom is 0.254 e. The van der Waals surface area contributed by atoms with Gasteiger partial charge in [0.2, 0.25) is 0 Å². The number of aliphatic hydroxyl groups excluding tert-OH is 1. The van der Waals surface area contributed by atoms with Crippen molar-refractivity contribution in [3.05, 3.63) is 64.6 Å². The van der Waals surface area contributed by atoms with Gasteiger partial charge in [-0.3, -0.25) is 9.69 Å². The molecule has 1 aromatic carbocycles. The van der Waals surface area contributed by atoms with Crippen LogP contribution in [0, 0.1) is 13.8 Å². The van der Waals surface area contributed by atoms with E-state index < -0.39 is 6.10 Å². The van der Waals surface area contributed by atoms with Crippen molar-refractivity contribution in [1.29, 1.82) is 0 Å². The van der Waals surface area contributed by atoms with Crippen LogP contribution < -0.4 is 5.32 Å². The Bertz CT molecular complexity index is 1010. The average Bonchev–Trinajstić information content (AvgIpc) is 3.08. The molecule has 1 atom stereocenters. The van der Waals surface area contributed by atoms with E-state index in [2.05, 4.69) is 38.5 Å². The zero-order valence-electron chi connectivity index (χ0n) is 16.2. The van der Waals surface area contributed by atoms with E-state index in [1.165, 1.54) is 11.1 Å². The number of β-amino-alcohol motifs (C(OH)–C–C–N with tert-alkyl or cyclic N) is 1. The van der Waals surface area contributed by atoms with Gasteiger partial charge in [-0.05, 0) is 31.4 Å². The van der Waals surface area contributed by atoms with E-state index in [9.17, 15) is 9.90 Å². The monoisotopic (exact) mass is 379 g/mol. The van der Waals surface area contributed by atoms with Crippen molar-refractivity contribution < 1.29 is 9.90 Å². The minimum Gasteiger partial charge on any atom is -0.390 e. The number of nitrogens with one attached hydrogen (secondary N) is 1. The van der Waals surface area contributed by atoms with Gasteiger partial charge in [-0.25, -0.2) is 9.50 Å². The minimum atomic E-state index is -0.627. The van der Waals surface area contributed by atoms with Gasteiger partial charge in [0, 0.05) is 38.4 Å². The molecule has 0 aliphatic carbocycles. The van der Waals surface area contributed by atoms with Crippen molar-refractivity contribution in [2.75, 3.05) is 19.6 Å². The third-order valence-corrected chi connectivity index (χ3v) is 5.27. The normalized spacial score (nSPS) is 15.4. The third-order valence-electron chi connectivity index (χ3n) is 5.27.